The van der Waals surface area contributed by atoms with Gasteiger partial charge in [-0.05, 0) is 62.6 Å². The molecule has 1 aliphatic rings. The van der Waals surface area contributed by atoms with E-state index in [9.17, 15) is 0 Å². The summed E-state index contributed by atoms with van der Waals surface area (Å²) in [5.74, 6) is 1.58. The lowest BCUT2D eigenvalue weighted by Crippen LogP contribution is -2.38. The Labute approximate surface area is 174 Å². The van der Waals surface area contributed by atoms with E-state index >= 15 is 0 Å². The van der Waals surface area contributed by atoms with Crippen molar-refractivity contribution in [3.05, 3.63) is 63.9 Å². The molecule has 28 heavy (non-hydrogen) atoms. The van der Waals surface area contributed by atoms with Crippen LogP contribution >= 0.6 is 15.9 Å². The third-order valence-electron chi connectivity index (χ3n) is 5.14. The van der Waals surface area contributed by atoms with Crippen molar-refractivity contribution < 1.29 is 0 Å². The molecule has 3 aromatic rings. The fourth-order valence-corrected chi connectivity index (χ4v) is 3.93. The van der Waals surface area contributed by atoms with Gasteiger partial charge in [-0.2, -0.15) is 5.10 Å². The number of aryl methyl sites for hydroxylation is 2. The van der Waals surface area contributed by atoms with Crippen LogP contribution in [0.4, 0.5) is 5.82 Å². The summed E-state index contributed by atoms with van der Waals surface area (Å²) in [6.07, 6.45) is 2.22. The smallest absolute Gasteiger partial charge is 0.176 e. The topological polar surface area (TPSA) is 58.9 Å². The normalized spacial score (nSPS) is 15.7. The third-order valence-corrected chi connectivity index (χ3v) is 5.66. The summed E-state index contributed by atoms with van der Waals surface area (Å²) in [5.41, 5.74) is 3.40. The van der Waals surface area contributed by atoms with E-state index in [1.165, 1.54) is 5.56 Å². The fourth-order valence-electron chi connectivity index (χ4n) is 3.67. The van der Waals surface area contributed by atoms with Gasteiger partial charge >= 0.3 is 0 Å². The van der Waals surface area contributed by atoms with E-state index in [0.717, 1.165) is 60.0 Å². The zero-order valence-electron chi connectivity index (χ0n) is 16.3. The fraction of sp³-hybridized carbons (Fsp3) is 0.381. The highest BCUT2D eigenvalue weighted by Crippen LogP contribution is 2.19. The van der Waals surface area contributed by atoms with Crippen LogP contribution in [0, 0.1) is 13.8 Å². The van der Waals surface area contributed by atoms with Crippen molar-refractivity contribution in [2.45, 2.75) is 39.3 Å². The van der Waals surface area contributed by atoms with Gasteiger partial charge in [0.25, 0.3) is 0 Å². The number of benzene rings is 1. The van der Waals surface area contributed by atoms with Gasteiger partial charge in [0.1, 0.15) is 5.82 Å². The molecular weight excluding hydrogens is 416 g/mol. The van der Waals surface area contributed by atoms with Crippen LogP contribution in [0.3, 0.4) is 0 Å². The molecule has 4 rings (SSSR count). The molecule has 0 aliphatic carbocycles. The molecule has 6 nitrogen and oxygen atoms in total. The molecule has 0 atom stereocenters. The van der Waals surface area contributed by atoms with Gasteiger partial charge in [-0.1, -0.05) is 28.1 Å². The molecule has 3 heterocycles. The first-order valence-corrected chi connectivity index (χ1v) is 10.5. The molecule has 1 aliphatic heterocycles. The average molecular weight is 441 g/mol. The highest BCUT2D eigenvalue weighted by Gasteiger charge is 2.19. The molecule has 0 saturated carbocycles. The molecule has 2 aromatic heterocycles. The lowest BCUT2D eigenvalue weighted by atomic mass is 10.0. The Morgan fingerprint density at radius 3 is 2.39 bits per heavy atom. The largest absolute Gasteiger partial charge is 0.366 e. The minimum absolute atomic E-state index is 0.440. The van der Waals surface area contributed by atoms with Crippen LogP contribution in [0.5, 0.6) is 0 Å². The number of nitrogens with one attached hydrogen (secondary N) is 1. The molecule has 0 amide bonds. The Hall–Kier alpha value is -2.25. The molecule has 0 radical (unpaired) electrons. The van der Waals surface area contributed by atoms with Crippen molar-refractivity contribution in [1.29, 1.82) is 0 Å². The number of aromatic nitrogens is 4. The average Bonchev–Trinajstić information content (AvgIpc) is 3.04. The predicted molar refractivity (Wildman–Crippen MR) is 115 cm³/mol. The summed E-state index contributed by atoms with van der Waals surface area (Å²) >= 11 is 3.49. The van der Waals surface area contributed by atoms with Crippen molar-refractivity contribution in [3.63, 3.8) is 0 Å². The lowest BCUT2D eigenvalue weighted by molar-refractivity contribution is 0.211. The SMILES string of the molecule is Cc1cc(C)n(-c2ccc(NC3CCN(Cc4ccc(Br)cc4)CC3)nn2)n1. The van der Waals surface area contributed by atoms with Crippen LogP contribution in [0.1, 0.15) is 29.8 Å². The highest BCUT2D eigenvalue weighted by atomic mass is 79.9. The van der Waals surface area contributed by atoms with Crippen molar-refractivity contribution in [2.75, 3.05) is 18.4 Å². The minimum Gasteiger partial charge on any atom is -0.366 e. The summed E-state index contributed by atoms with van der Waals surface area (Å²) in [7, 11) is 0. The van der Waals surface area contributed by atoms with Gasteiger partial charge in [-0.25, -0.2) is 4.68 Å². The maximum Gasteiger partial charge on any atom is 0.176 e. The molecule has 1 N–H and O–H groups in total. The number of hydrogen-bond acceptors (Lipinski definition) is 5. The standard InChI is InChI=1S/C21H25BrN6/c1-15-13-16(2)28(26-15)21-8-7-20(24-25-21)23-19-9-11-27(12-10-19)14-17-3-5-18(22)6-4-17/h3-8,13,19H,9-12,14H2,1-2H3,(H,23,24). The molecule has 1 fully saturated rings. The zero-order valence-corrected chi connectivity index (χ0v) is 17.9. The van der Waals surface area contributed by atoms with Crippen LogP contribution in [-0.2, 0) is 6.54 Å². The predicted octanol–water partition coefficient (Wildman–Crippen LogP) is 4.12. The zero-order chi connectivity index (χ0) is 19.5. The van der Waals surface area contributed by atoms with Crippen molar-refractivity contribution in [3.8, 4) is 5.82 Å². The van der Waals surface area contributed by atoms with Crippen LogP contribution < -0.4 is 5.32 Å². The van der Waals surface area contributed by atoms with E-state index in [2.05, 4.69) is 65.7 Å². The van der Waals surface area contributed by atoms with Crippen molar-refractivity contribution in [2.24, 2.45) is 0 Å². The number of likely N-dealkylation sites (tertiary alicyclic amines) is 1. The van der Waals surface area contributed by atoms with Gasteiger partial charge in [0, 0.05) is 35.8 Å². The molecule has 0 unspecified atom stereocenters. The second kappa shape index (κ2) is 8.41. The molecule has 0 bridgehead atoms. The van der Waals surface area contributed by atoms with Gasteiger partial charge < -0.3 is 5.32 Å². The van der Waals surface area contributed by atoms with Crippen molar-refractivity contribution >= 4 is 21.7 Å². The Morgan fingerprint density at radius 1 is 1.04 bits per heavy atom. The molecular formula is C21H25BrN6. The van der Waals surface area contributed by atoms with E-state index in [1.807, 2.05) is 36.7 Å². The number of rotatable bonds is 5. The van der Waals surface area contributed by atoms with Crippen molar-refractivity contribution in [1.82, 2.24) is 24.9 Å². The molecule has 1 aromatic carbocycles. The maximum atomic E-state index is 4.46. The number of halogens is 1. The Kier molecular flexibility index (Phi) is 5.73. The maximum absolute atomic E-state index is 4.46. The Balaban J connectivity index is 1.30. The van der Waals surface area contributed by atoms with E-state index in [4.69, 9.17) is 0 Å². The first-order valence-electron chi connectivity index (χ1n) is 9.67. The quantitative estimate of drug-likeness (QED) is 0.646. The van der Waals surface area contributed by atoms with Crippen LogP contribution in [-0.4, -0.2) is 44.0 Å². The number of piperidine rings is 1. The summed E-state index contributed by atoms with van der Waals surface area (Å²) in [5, 5.41) is 16.7. The van der Waals surface area contributed by atoms with Crippen LogP contribution in [0.15, 0.2) is 46.9 Å². The molecule has 146 valence electrons. The second-order valence-electron chi connectivity index (χ2n) is 7.44. The summed E-state index contributed by atoms with van der Waals surface area (Å²) in [6.45, 7) is 7.19. The highest BCUT2D eigenvalue weighted by molar-refractivity contribution is 9.10. The van der Waals surface area contributed by atoms with Crippen LogP contribution in [0.25, 0.3) is 5.82 Å². The van der Waals surface area contributed by atoms with E-state index in [-0.39, 0.29) is 0 Å². The van der Waals surface area contributed by atoms with Gasteiger partial charge in [0.15, 0.2) is 5.82 Å². The number of anilines is 1. The summed E-state index contributed by atoms with van der Waals surface area (Å²) in [6, 6.07) is 15.0. The third kappa shape index (κ3) is 4.59. The van der Waals surface area contributed by atoms with Gasteiger partial charge in [0.2, 0.25) is 0 Å². The van der Waals surface area contributed by atoms with Crippen LogP contribution in [0.2, 0.25) is 0 Å². The Bertz CT molecular complexity index is 911. The number of nitrogens with zero attached hydrogens (tertiary/aromatic N) is 5. The first-order chi connectivity index (χ1) is 13.6. The summed E-state index contributed by atoms with van der Waals surface area (Å²) in [4.78, 5) is 2.51. The lowest BCUT2D eigenvalue weighted by Gasteiger charge is -2.32. The van der Waals surface area contributed by atoms with Gasteiger partial charge in [-0.3, -0.25) is 4.90 Å². The van der Waals surface area contributed by atoms with E-state index in [1.54, 1.807) is 0 Å². The molecule has 0 spiro atoms. The summed E-state index contributed by atoms with van der Waals surface area (Å²) < 4.78 is 2.95. The Morgan fingerprint density at radius 2 is 1.79 bits per heavy atom. The first kappa shape index (κ1) is 19.1. The van der Waals surface area contributed by atoms with E-state index in [0.29, 0.717) is 6.04 Å². The monoisotopic (exact) mass is 440 g/mol. The minimum atomic E-state index is 0.440. The van der Waals surface area contributed by atoms with Gasteiger partial charge in [-0.15, -0.1) is 10.2 Å². The molecule has 1 saturated heterocycles. The van der Waals surface area contributed by atoms with E-state index < -0.39 is 0 Å². The second-order valence-corrected chi connectivity index (χ2v) is 8.35. The molecule has 7 heteroatoms. The number of hydrogen-bond donors (Lipinski definition) is 1. The van der Waals surface area contributed by atoms with Gasteiger partial charge in [0.05, 0.1) is 5.69 Å².